The monoisotopic (exact) mass is 296 g/mol. The summed E-state index contributed by atoms with van der Waals surface area (Å²) in [6.07, 6.45) is 0. The third-order valence-electron chi connectivity index (χ3n) is 3.63. The van der Waals surface area contributed by atoms with Crippen LogP contribution >= 0.6 is 0 Å². The summed E-state index contributed by atoms with van der Waals surface area (Å²) in [5, 5.41) is 0.787. The lowest BCUT2D eigenvalue weighted by molar-refractivity contribution is 0.174. The van der Waals surface area contributed by atoms with Crippen LogP contribution in [0, 0.1) is 0 Å². The van der Waals surface area contributed by atoms with Crippen LogP contribution in [-0.2, 0) is 0 Å². The molecule has 0 amide bonds. The van der Waals surface area contributed by atoms with Crippen LogP contribution in [-0.4, -0.2) is 13.9 Å². The zero-order valence-corrected chi connectivity index (χ0v) is 11.8. The van der Waals surface area contributed by atoms with Gasteiger partial charge in [0.1, 0.15) is 11.3 Å². The van der Waals surface area contributed by atoms with Gasteiger partial charge < -0.3 is 18.6 Å². The van der Waals surface area contributed by atoms with E-state index in [1.807, 2.05) is 18.2 Å². The highest BCUT2D eigenvalue weighted by Crippen LogP contribution is 2.36. The molecule has 0 unspecified atom stereocenters. The van der Waals surface area contributed by atoms with Gasteiger partial charge in [0.2, 0.25) is 6.79 Å². The lowest BCUT2D eigenvalue weighted by Crippen LogP contribution is -2.02. The van der Waals surface area contributed by atoms with E-state index < -0.39 is 5.63 Å². The first-order valence-corrected chi connectivity index (χ1v) is 6.76. The Labute approximate surface area is 125 Å². The van der Waals surface area contributed by atoms with Gasteiger partial charge >= 0.3 is 5.63 Å². The Kier molecular flexibility index (Phi) is 2.79. The fourth-order valence-electron chi connectivity index (χ4n) is 2.48. The second kappa shape index (κ2) is 4.80. The zero-order valence-electron chi connectivity index (χ0n) is 11.8. The third kappa shape index (κ3) is 1.98. The number of benzene rings is 2. The third-order valence-corrected chi connectivity index (χ3v) is 3.63. The van der Waals surface area contributed by atoms with Crippen molar-refractivity contribution in [1.29, 1.82) is 0 Å². The smallest absolute Gasteiger partial charge is 0.344 e. The lowest BCUT2D eigenvalue weighted by atomic mass is 10.1. The summed E-state index contributed by atoms with van der Waals surface area (Å²) in [5.74, 6) is 1.98. The summed E-state index contributed by atoms with van der Waals surface area (Å²) in [7, 11) is 1.60. The van der Waals surface area contributed by atoms with E-state index in [1.54, 1.807) is 31.4 Å². The van der Waals surface area contributed by atoms with Gasteiger partial charge in [0.15, 0.2) is 11.5 Å². The molecular formula is C17H12O5. The van der Waals surface area contributed by atoms with Crippen LogP contribution in [0.15, 0.2) is 51.7 Å². The normalized spacial score (nSPS) is 12.6. The maximum Gasteiger partial charge on any atom is 0.344 e. The van der Waals surface area contributed by atoms with E-state index in [2.05, 4.69) is 0 Å². The number of hydrogen-bond donors (Lipinski definition) is 0. The minimum Gasteiger partial charge on any atom is -0.497 e. The second-order valence-electron chi connectivity index (χ2n) is 4.92. The van der Waals surface area contributed by atoms with E-state index in [1.165, 1.54) is 0 Å². The highest BCUT2D eigenvalue weighted by atomic mass is 16.7. The molecule has 1 aliphatic heterocycles. The Balaban J connectivity index is 1.88. The molecule has 0 radical (unpaired) electrons. The van der Waals surface area contributed by atoms with E-state index in [0.29, 0.717) is 22.6 Å². The van der Waals surface area contributed by atoms with Gasteiger partial charge in [0, 0.05) is 11.5 Å². The molecule has 0 saturated heterocycles. The van der Waals surface area contributed by atoms with Crippen LogP contribution in [0.25, 0.3) is 22.1 Å². The molecule has 5 nitrogen and oxygen atoms in total. The van der Waals surface area contributed by atoms with Crippen molar-refractivity contribution in [3.8, 4) is 28.4 Å². The van der Waals surface area contributed by atoms with Crippen molar-refractivity contribution in [2.75, 3.05) is 13.9 Å². The van der Waals surface area contributed by atoms with Crippen LogP contribution in [0.5, 0.6) is 17.2 Å². The van der Waals surface area contributed by atoms with E-state index in [-0.39, 0.29) is 6.79 Å². The SMILES string of the molecule is COc1ccc(-c2cc3cc4c(cc3oc2=O)OCO4)cc1. The fourth-order valence-corrected chi connectivity index (χ4v) is 2.48. The largest absolute Gasteiger partial charge is 0.497 e. The Morgan fingerprint density at radius 2 is 1.73 bits per heavy atom. The molecular weight excluding hydrogens is 284 g/mol. The Bertz CT molecular complexity index is 909. The first-order valence-electron chi connectivity index (χ1n) is 6.76. The average molecular weight is 296 g/mol. The standard InChI is InChI=1S/C17H12O5/c1-19-12-4-2-10(3-5-12)13-6-11-7-15-16(21-9-20-15)8-14(11)22-17(13)18/h2-8H,9H2,1H3. The minimum absolute atomic E-state index is 0.182. The summed E-state index contributed by atoms with van der Waals surface area (Å²) in [4.78, 5) is 12.2. The van der Waals surface area contributed by atoms with Crippen molar-refractivity contribution in [3.05, 3.63) is 52.9 Å². The van der Waals surface area contributed by atoms with Crippen LogP contribution < -0.4 is 19.8 Å². The number of fused-ring (bicyclic) bond motifs is 2. The van der Waals surface area contributed by atoms with Crippen molar-refractivity contribution in [2.24, 2.45) is 0 Å². The van der Waals surface area contributed by atoms with Crippen molar-refractivity contribution < 1.29 is 18.6 Å². The van der Waals surface area contributed by atoms with Gasteiger partial charge in [-0.3, -0.25) is 0 Å². The van der Waals surface area contributed by atoms with Crippen molar-refractivity contribution >= 4 is 11.0 Å². The predicted octanol–water partition coefficient (Wildman–Crippen LogP) is 3.20. The molecule has 2 heterocycles. The molecule has 3 aromatic rings. The molecule has 5 heteroatoms. The maximum atomic E-state index is 12.2. The fraction of sp³-hybridized carbons (Fsp3) is 0.118. The van der Waals surface area contributed by atoms with Crippen molar-refractivity contribution in [1.82, 2.24) is 0 Å². The van der Waals surface area contributed by atoms with Gasteiger partial charge in [-0.2, -0.15) is 0 Å². The number of rotatable bonds is 2. The molecule has 0 fully saturated rings. The van der Waals surface area contributed by atoms with E-state index >= 15 is 0 Å². The molecule has 110 valence electrons. The van der Waals surface area contributed by atoms with Crippen molar-refractivity contribution in [3.63, 3.8) is 0 Å². The number of hydrogen-bond acceptors (Lipinski definition) is 5. The van der Waals surface area contributed by atoms with Crippen LogP contribution in [0.2, 0.25) is 0 Å². The van der Waals surface area contributed by atoms with E-state index in [9.17, 15) is 4.79 Å². The van der Waals surface area contributed by atoms with Crippen LogP contribution in [0.4, 0.5) is 0 Å². The topological polar surface area (TPSA) is 57.9 Å². The van der Waals surface area contributed by atoms with Gasteiger partial charge in [-0.25, -0.2) is 4.79 Å². The molecule has 4 rings (SSSR count). The Morgan fingerprint density at radius 1 is 1.00 bits per heavy atom. The molecule has 0 aliphatic carbocycles. The highest BCUT2D eigenvalue weighted by Gasteiger charge is 2.17. The van der Waals surface area contributed by atoms with Gasteiger partial charge in [-0.05, 0) is 29.8 Å². The van der Waals surface area contributed by atoms with Gasteiger partial charge in [-0.15, -0.1) is 0 Å². The van der Waals surface area contributed by atoms with Crippen LogP contribution in [0.3, 0.4) is 0 Å². The molecule has 1 aromatic heterocycles. The summed E-state index contributed by atoms with van der Waals surface area (Å²) in [6, 6.07) is 12.5. The number of methoxy groups -OCH3 is 1. The Hall–Kier alpha value is -2.95. The molecule has 0 saturated carbocycles. The quantitative estimate of drug-likeness (QED) is 0.680. The lowest BCUT2D eigenvalue weighted by Gasteiger charge is -2.05. The van der Waals surface area contributed by atoms with Gasteiger partial charge in [-0.1, -0.05) is 12.1 Å². The van der Waals surface area contributed by atoms with E-state index in [4.69, 9.17) is 18.6 Å². The highest BCUT2D eigenvalue weighted by molar-refractivity contribution is 5.85. The van der Waals surface area contributed by atoms with Gasteiger partial charge in [0.25, 0.3) is 0 Å². The molecule has 2 aromatic carbocycles. The predicted molar refractivity (Wildman–Crippen MR) is 80.6 cm³/mol. The molecule has 22 heavy (non-hydrogen) atoms. The summed E-state index contributed by atoms with van der Waals surface area (Å²) < 4.78 is 21.2. The minimum atomic E-state index is -0.392. The summed E-state index contributed by atoms with van der Waals surface area (Å²) in [6.45, 7) is 0.182. The summed E-state index contributed by atoms with van der Waals surface area (Å²) >= 11 is 0. The van der Waals surface area contributed by atoms with Crippen molar-refractivity contribution in [2.45, 2.75) is 0 Å². The Morgan fingerprint density at radius 3 is 2.45 bits per heavy atom. The van der Waals surface area contributed by atoms with Gasteiger partial charge in [0.05, 0.1) is 12.7 Å². The molecule has 1 aliphatic rings. The maximum absolute atomic E-state index is 12.2. The first-order chi connectivity index (χ1) is 10.7. The first kappa shape index (κ1) is 12.8. The zero-order chi connectivity index (χ0) is 15.1. The van der Waals surface area contributed by atoms with E-state index in [0.717, 1.165) is 16.7 Å². The molecule has 0 atom stereocenters. The average Bonchev–Trinajstić information content (AvgIpc) is 2.99. The summed E-state index contributed by atoms with van der Waals surface area (Å²) in [5.41, 5.74) is 1.35. The molecule has 0 bridgehead atoms. The molecule has 0 N–H and O–H groups in total. The second-order valence-corrected chi connectivity index (χ2v) is 4.92. The number of ether oxygens (including phenoxy) is 3. The van der Waals surface area contributed by atoms with Crippen LogP contribution in [0.1, 0.15) is 0 Å². The molecule has 0 spiro atoms.